The molecule has 0 amide bonds. The lowest BCUT2D eigenvalue weighted by Crippen LogP contribution is -2.54. The zero-order chi connectivity index (χ0) is 22.7. The van der Waals surface area contributed by atoms with Gasteiger partial charge in [-0.05, 0) is 57.9 Å². The second-order valence-corrected chi connectivity index (χ2v) is 10.5. The van der Waals surface area contributed by atoms with Crippen molar-refractivity contribution in [1.82, 2.24) is 4.90 Å². The monoisotopic (exact) mass is 450 g/mol. The van der Waals surface area contributed by atoms with Crippen LogP contribution < -0.4 is 0 Å². The fraction of sp³-hybridized carbons (Fsp3) is 0.917. The average molecular weight is 451 g/mol. The highest BCUT2D eigenvalue weighted by atomic mass is 16.6. The Morgan fingerprint density at radius 3 is 2.38 bits per heavy atom. The van der Waals surface area contributed by atoms with Crippen molar-refractivity contribution in [2.24, 2.45) is 17.8 Å². The second-order valence-electron chi connectivity index (χ2n) is 10.5. The van der Waals surface area contributed by atoms with Crippen LogP contribution in [-0.2, 0) is 19.1 Å². The summed E-state index contributed by atoms with van der Waals surface area (Å²) >= 11 is 0. The Morgan fingerprint density at radius 1 is 0.969 bits per heavy atom. The molecular weight excluding hydrogens is 412 g/mol. The number of fused-ring (bicyclic) bond motifs is 2. The van der Waals surface area contributed by atoms with E-state index in [-0.39, 0.29) is 34.9 Å². The molecule has 4 aliphatic rings. The number of hydrogen-bond acceptors (Lipinski definition) is 7. The summed E-state index contributed by atoms with van der Waals surface area (Å²) in [5.74, 6) is -0.436. The zero-order valence-electron chi connectivity index (χ0n) is 19.3. The van der Waals surface area contributed by atoms with Crippen molar-refractivity contribution in [2.75, 3.05) is 13.7 Å². The van der Waals surface area contributed by atoms with Gasteiger partial charge in [-0.3, -0.25) is 24.6 Å². The summed E-state index contributed by atoms with van der Waals surface area (Å²) in [6.45, 7) is 0.340. The zero-order valence-corrected chi connectivity index (χ0v) is 19.3. The first-order chi connectivity index (χ1) is 15.4. The molecule has 0 aromatic heterocycles. The summed E-state index contributed by atoms with van der Waals surface area (Å²) in [5, 5.41) is 10.9. The van der Waals surface area contributed by atoms with Gasteiger partial charge in [0.05, 0.1) is 12.5 Å². The van der Waals surface area contributed by atoms with Crippen molar-refractivity contribution in [3.05, 3.63) is 10.1 Å². The van der Waals surface area contributed by atoms with E-state index in [0.717, 1.165) is 57.8 Å². The van der Waals surface area contributed by atoms with E-state index in [2.05, 4.69) is 11.9 Å². The smallest absolute Gasteiger partial charge is 0.314 e. The Balaban J connectivity index is 1.30. The number of esters is 2. The molecule has 0 radical (unpaired) electrons. The third-order valence-electron chi connectivity index (χ3n) is 8.58. The summed E-state index contributed by atoms with van der Waals surface area (Å²) in [5.41, 5.74) is 0. The summed E-state index contributed by atoms with van der Waals surface area (Å²) in [7, 11) is 2.07. The SMILES string of the molecule is CN1C2CC[C@@H]1C[C@@H](OC(=O)C1CCCCC1)C2C(=O)OCCC1CCC([N+](=O)[O-])CC1. The summed E-state index contributed by atoms with van der Waals surface area (Å²) in [4.78, 5) is 39.0. The molecule has 8 heteroatoms. The van der Waals surface area contributed by atoms with E-state index >= 15 is 0 Å². The lowest BCUT2D eigenvalue weighted by molar-refractivity contribution is -0.527. The van der Waals surface area contributed by atoms with Crippen molar-refractivity contribution >= 4 is 11.9 Å². The molecular formula is C24H38N2O6. The van der Waals surface area contributed by atoms with E-state index in [1.54, 1.807) is 0 Å². The fourth-order valence-corrected chi connectivity index (χ4v) is 6.50. The second kappa shape index (κ2) is 10.5. The number of carbonyl (C=O) groups excluding carboxylic acids is 2. The summed E-state index contributed by atoms with van der Waals surface area (Å²) in [6.07, 6.45) is 11.0. The largest absolute Gasteiger partial charge is 0.465 e. The molecule has 2 aliphatic heterocycles. The predicted octanol–water partition coefficient (Wildman–Crippen LogP) is 3.73. The van der Waals surface area contributed by atoms with Gasteiger partial charge in [-0.25, -0.2) is 0 Å². The standard InChI is InChI=1S/C24H38N2O6/c1-25-19-11-12-20(25)22(21(15-19)32-23(27)17-5-3-2-4-6-17)24(28)31-14-13-16-7-9-18(10-8-16)26(29)30/h16-22H,2-15H2,1H3/t16?,18?,19-,20?,21-,22?/m1/s1. The van der Waals surface area contributed by atoms with Crippen LogP contribution >= 0.6 is 0 Å². The van der Waals surface area contributed by atoms with E-state index in [1.807, 2.05) is 0 Å². The van der Waals surface area contributed by atoms with Gasteiger partial charge in [-0.2, -0.15) is 0 Å². The van der Waals surface area contributed by atoms with Crippen LogP contribution in [0.25, 0.3) is 0 Å². The molecule has 2 unspecified atom stereocenters. The number of nitro groups is 1. The van der Waals surface area contributed by atoms with Crippen molar-refractivity contribution in [2.45, 2.75) is 108 Å². The normalized spacial score (nSPS) is 35.9. The minimum absolute atomic E-state index is 0.0213. The van der Waals surface area contributed by atoms with Crippen molar-refractivity contribution in [3.63, 3.8) is 0 Å². The first-order valence-electron chi connectivity index (χ1n) is 12.7. The molecule has 0 spiro atoms. The maximum Gasteiger partial charge on any atom is 0.314 e. The number of hydrogen-bond donors (Lipinski definition) is 0. The molecule has 8 nitrogen and oxygen atoms in total. The molecule has 4 atom stereocenters. The van der Waals surface area contributed by atoms with Gasteiger partial charge in [-0.15, -0.1) is 0 Å². The first-order valence-corrected chi connectivity index (χ1v) is 12.7. The van der Waals surface area contributed by atoms with Crippen LogP contribution in [0.15, 0.2) is 0 Å². The van der Waals surface area contributed by atoms with Crippen LogP contribution in [-0.4, -0.2) is 59.6 Å². The number of rotatable bonds is 7. The van der Waals surface area contributed by atoms with Gasteiger partial charge in [-0.1, -0.05) is 19.3 Å². The molecule has 0 aromatic rings. The highest BCUT2D eigenvalue weighted by molar-refractivity contribution is 5.76. The van der Waals surface area contributed by atoms with E-state index in [4.69, 9.17) is 9.47 Å². The van der Waals surface area contributed by atoms with Crippen LogP contribution in [0.2, 0.25) is 0 Å². The van der Waals surface area contributed by atoms with Gasteiger partial charge < -0.3 is 9.47 Å². The Hall–Kier alpha value is -1.70. The highest BCUT2D eigenvalue weighted by Gasteiger charge is 2.51. The Bertz CT molecular complexity index is 686. The molecule has 2 saturated heterocycles. The highest BCUT2D eigenvalue weighted by Crippen LogP contribution is 2.41. The summed E-state index contributed by atoms with van der Waals surface area (Å²) < 4.78 is 11.7. The predicted molar refractivity (Wildman–Crippen MR) is 117 cm³/mol. The topological polar surface area (TPSA) is 99.0 Å². The Labute approximate surface area is 190 Å². The molecule has 0 aromatic carbocycles. The quantitative estimate of drug-likeness (QED) is 0.331. The molecule has 180 valence electrons. The van der Waals surface area contributed by atoms with Crippen LogP contribution in [0.4, 0.5) is 0 Å². The number of ether oxygens (including phenoxy) is 2. The van der Waals surface area contributed by atoms with Crippen LogP contribution in [0.5, 0.6) is 0 Å². The van der Waals surface area contributed by atoms with Gasteiger partial charge in [0.15, 0.2) is 0 Å². The van der Waals surface area contributed by atoms with E-state index in [0.29, 0.717) is 37.8 Å². The lowest BCUT2D eigenvalue weighted by atomic mass is 9.84. The molecule has 2 saturated carbocycles. The maximum absolute atomic E-state index is 13.2. The fourth-order valence-electron chi connectivity index (χ4n) is 6.50. The minimum atomic E-state index is -0.420. The van der Waals surface area contributed by atoms with Crippen LogP contribution in [0.3, 0.4) is 0 Å². The van der Waals surface area contributed by atoms with Gasteiger partial charge in [0.25, 0.3) is 0 Å². The molecule has 2 aliphatic carbocycles. The molecule has 4 fully saturated rings. The summed E-state index contributed by atoms with van der Waals surface area (Å²) in [6, 6.07) is 0.0208. The molecule has 2 heterocycles. The van der Waals surface area contributed by atoms with Crippen molar-refractivity contribution in [1.29, 1.82) is 0 Å². The van der Waals surface area contributed by atoms with Gasteiger partial charge >= 0.3 is 11.9 Å². The molecule has 32 heavy (non-hydrogen) atoms. The average Bonchev–Trinajstić information content (AvgIpc) is 3.03. The third kappa shape index (κ3) is 5.26. The molecule has 2 bridgehead atoms. The van der Waals surface area contributed by atoms with E-state index in [1.165, 1.54) is 6.42 Å². The van der Waals surface area contributed by atoms with Crippen LogP contribution in [0, 0.1) is 27.9 Å². The molecule has 4 rings (SSSR count). The number of piperidine rings is 1. The third-order valence-corrected chi connectivity index (χ3v) is 8.58. The number of carbonyl (C=O) groups is 2. The Kier molecular flexibility index (Phi) is 7.69. The minimum Gasteiger partial charge on any atom is -0.465 e. The van der Waals surface area contributed by atoms with Crippen molar-refractivity contribution in [3.8, 4) is 0 Å². The van der Waals surface area contributed by atoms with E-state index < -0.39 is 12.0 Å². The van der Waals surface area contributed by atoms with Gasteiger partial charge in [0.2, 0.25) is 6.04 Å². The first kappa shape index (κ1) is 23.5. The maximum atomic E-state index is 13.2. The van der Waals surface area contributed by atoms with Gasteiger partial charge in [0, 0.05) is 36.3 Å². The Morgan fingerprint density at radius 2 is 1.69 bits per heavy atom. The van der Waals surface area contributed by atoms with Crippen molar-refractivity contribution < 1.29 is 24.0 Å². The van der Waals surface area contributed by atoms with Gasteiger partial charge in [0.1, 0.15) is 12.0 Å². The number of nitrogens with zero attached hydrogens (tertiary/aromatic N) is 2. The van der Waals surface area contributed by atoms with E-state index in [9.17, 15) is 19.7 Å². The molecule has 0 N–H and O–H groups in total. The van der Waals surface area contributed by atoms with Crippen LogP contribution in [0.1, 0.15) is 83.5 Å². The lowest BCUT2D eigenvalue weighted by Gasteiger charge is -2.41.